The number of aryl methyl sites for hydroxylation is 1. The Morgan fingerprint density at radius 1 is 1.19 bits per heavy atom. The van der Waals surface area contributed by atoms with Crippen molar-refractivity contribution in [1.82, 2.24) is 15.2 Å². The lowest BCUT2D eigenvalue weighted by molar-refractivity contribution is 0.0499. The van der Waals surface area contributed by atoms with E-state index in [-0.39, 0.29) is 18.6 Å². The van der Waals surface area contributed by atoms with Crippen molar-refractivity contribution in [2.75, 3.05) is 13.2 Å². The molecule has 4 aromatic rings. The van der Waals surface area contributed by atoms with Gasteiger partial charge in [0.05, 0.1) is 17.1 Å². The summed E-state index contributed by atoms with van der Waals surface area (Å²) in [6.07, 6.45) is 3.37. The quantitative estimate of drug-likeness (QED) is 0.325. The molecule has 1 unspecified atom stereocenters. The summed E-state index contributed by atoms with van der Waals surface area (Å²) in [5, 5.41) is 15.7. The highest BCUT2D eigenvalue weighted by atomic mass is 32.1. The summed E-state index contributed by atoms with van der Waals surface area (Å²) in [7, 11) is 0. The fraction of sp³-hybridized carbons (Fsp3) is 0.276. The molecule has 2 aliphatic rings. The maximum absolute atomic E-state index is 13.6. The van der Waals surface area contributed by atoms with E-state index in [0.29, 0.717) is 17.9 Å². The van der Waals surface area contributed by atoms with Gasteiger partial charge in [-0.15, -0.1) is 11.3 Å². The smallest absolute Gasteiger partial charge is 0.407 e. The Bertz CT molecular complexity index is 1500. The summed E-state index contributed by atoms with van der Waals surface area (Å²) in [5.74, 6) is 0.419. The fourth-order valence-electron chi connectivity index (χ4n) is 5.03. The number of carbonyl (C=O) groups is 2. The number of carbonyl (C=O) groups excluding carboxylic acids is 1. The molecule has 188 valence electrons. The maximum Gasteiger partial charge on any atom is 0.407 e. The van der Waals surface area contributed by atoms with Gasteiger partial charge in [-0.25, -0.2) is 4.79 Å². The average molecular weight is 514 g/mol. The molecule has 1 aliphatic carbocycles. The van der Waals surface area contributed by atoms with Crippen LogP contribution in [0.4, 0.5) is 4.79 Å². The first-order valence-corrected chi connectivity index (χ1v) is 13.3. The molecule has 1 atom stereocenters. The van der Waals surface area contributed by atoms with Crippen LogP contribution in [0.3, 0.4) is 0 Å². The number of hydrogen-bond donors (Lipinski definition) is 2. The molecule has 2 aromatic carbocycles. The van der Waals surface area contributed by atoms with Gasteiger partial charge in [0.25, 0.3) is 5.91 Å². The highest BCUT2D eigenvalue weighted by Crippen LogP contribution is 2.49. The highest BCUT2D eigenvalue weighted by molar-refractivity contribution is 7.13. The average Bonchev–Trinajstić information content (AvgIpc) is 3.42. The molecule has 2 N–H and O–H groups in total. The molecule has 6 rings (SSSR count). The number of rotatable bonds is 7. The first kappa shape index (κ1) is 23.5. The van der Waals surface area contributed by atoms with E-state index in [9.17, 15) is 14.7 Å². The van der Waals surface area contributed by atoms with Crippen molar-refractivity contribution in [3.8, 4) is 16.2 Å². The lowest BCUT2D eigenvalue weighted by atomic mass is 9.95. The van der Waals surface area contributed by atoms with Crippen LogP contribution in [-0.4, -0.2) is 46.2 Å². The van der Waals surface area contributed by atoms with Gasteiger partial charge >= 0.3 is 6.09 Å². The Morgan fingerprint density at radius 3 is 2.76 bits per heavy atom. The third kappa shape index (κ3) is 4.42. The van der Waals surface area contributed by atoms with Crippen LogP contribution in [0.15, 0.2) is 66.2 Å². The van der Waals surface area contributed by atoms with E-state index in [0.717, 1.165) is 46.9 Å². The number of hydrogen-bond acceptors (Lipinski definition) is 5. The number of carboxylic acid groups (broad SMARTS) is 1. The van der Waals surface area contributed by atoms with E-state index in [4.69, 9.17) is 4.74 Å². The summed E-state index contributed by atoms with van der Waals surface area (Å²) in [4.78, 5) is 32.0. The molecule has 1 saturated heterocycles. The zero-order valence-corrected chi connectivity index (χ0v) is 21.3. The lowest BCUT2D eigenvalue weighted by Crippen LogP contribution is -2.53. The Labute approximate surface area is 218 Å². The molecule has 0 bridgehead atoms. The third-order valence-corrected chi connectivity index (χ3v) is 8.35. The van der Waals surface area contributed by atoms with Crippen LogP contribution in [0, 0.1) is 6.92 Å². The van der Waals surface area contributed by atoms with Crippen molar-refractivity contribution in [3.63, 3.8) is 0 Å². The second-order valence-corrected chi connectivity index (χ2v) is 10.8. The SMILES string of the molecule is Cc1ccc(OCC2CCN2C(=O)O)cc1C(=O)NC1(c2cc(-c3cccs3)cc3ncccc23)CC1. The predicted molar refractivity (Wildman–Crippen MR) is 143 cm³/mol. The largest absolute Gasteiger partial charge is 0.491 e. The van der Waals surface area contributed by atoms with Gasteiger partial charge in [-0.2, -0.15) is 0 Å². The van der Waals surface area contributed by atoms with Gasteiger partial charge in [-0.05, 0) is 84.7 Å². The number of benzene rings is 2. The van der Waals surface area contributed by atoms with E-state index in [1.54, 1.807) is 23.6 Å². The molecule has 2 amide bonds. The molecule has 2 fully saturated rings. The summed E-state index contributed by atoms with van der Waals surface area (Å²) in [6.45, 7) is 2.72. The van der Waals surface area contributed by atoms with Crippen LogP contribution in [0.5, 0.6) is 5.75 Å². The number of nitrogens with zero attached hydrogens (tertiary/aromatic N) is 2. The Balaban J connectivity index is 1.26. The molecule has 0 radical (unpaired) electrons. The standard InChI is InChI=1S/C29H27N3O4S/c1-18-6-7-21(36-17-20-8-12-32(20)28(34)35)16-23(18)27(33)31-29(9-10-29)24-14-19(26-5-3-13-37-26)15-25-22(24)4-2-11-30-25/h2-7,11,13-16,20H,8-10,12,17H2,1H3,(H,31,33)(H,34,35). The topological polar surface area (TPSA) is 91.8 Å². The number of nitrogens with one attached hydrogen (secondary N) is 1. The number of thiophene rings is 1. The van der Waals surface area contributed by atoms with Gasteiger partial charge in [0, 0.05) is 28.6 Å². The van der Waals surface area contributed by atoms with E-state index < -0.39 is 11.6 Å². The number of amides is 2. The molecular formula is C29H27N3O4S. The van der Waals surface area contributed by atoms with E-state index in [1.807, 2.05) is 31.2 Å². The molecule has 8 heteroatoms. The van der Waals surface area contributed by atoms with Crippen LogP contribution >= 0.6 is 11.3 Å². The Morgan fingerprint density at radius 2 is 2.05 bits per heavy atom. The minimum atomic E-state index is -0.926. The zero-order chi connectivity index (χ0) is 25.6. The lowest BCUT2D eigenvalue weighted by Gasteiger charge is -2.38. The van der Waals surface area contributed by atoms with Crippen molar-refractivity contribution in [2.45, 2.75) is 37.8 Å². The number of aromatic nitrogens is 1. The summed E-state index contributed by atoms with van der Waals surface area (Å²) in [5.41, 5.74) is 4.10. The van der Waals surface area contributed by atoms with Crippen LogP contribution in [0.2, 0.25) is 0 Å². The van der Waals surface area contributed by atoms with Gasteiger partial charge in [-0.1, -0.05) is 18.2 Å². The van der Waals surface area contributed by atoms with Gasteiger partial charge < -0.3 is 20.1 Å². The van der Waals surface area contributed by atoms with Crippen LogP contribution < -0.4 is 10.1 Å². The summed E-state index contributed by atoms with van der Waals surface area (Å²) < 4.78 is 5.89. The first-order chi connectivity index (χ1) is 17.9. The molecule has 2 aromatic heterocycles. The minimum Gasteiger partial charge on any atom is -0.491 e. The molecule has 7 nitrogen and oxygen atoms in total. The number of likely N-dealkylation sites (tertiary alicyclic amines) is 1. The number of fused-ring (bicyclic) bond motifs is 1. The molecule has 3 heterocycles. The summed E-state index contributed by atoms with van der Waals surface area (Å²) >= 11 is 1.69. The number of pyridine rings is 1. The fourth-order valence-corrected chi connectivity index (χ4v) is 5.74. The zero-order valence-electron chi connectivity index (χ0n) is 20.4. The van der Waals surface area contributed by atoms with E-state index in [1.165, 1.54) is 9.78 Å². The van der Waals surface area contributed by atoms with Gasteiger partial charge in [0.15, 0.2) is 0 Å². The van der Waals surface area contributed by atoms with Crippen molar-refractivity contribution in [1.29, 1.82) is 0 Å². The van der Waals surface area contributed by atoms with E-state index >= 15 is 0 Å². The highest BCUT2D eigenvalue weighted by Gasteiger charge is 2.47. The van der Waals surface area contributed by atoms with E-state index in [2.05, 4.69) is 39.9 Å². The second-order valence-electron chi connectivity index (χ2n) is 9.81. The number of ether oxygens (including phenoxy) is 1. The molecule has 0 spiro atoms. The Kier molecular flexibility index (Phi) is 5.83. The predicted octanol–water partition coefficient (Wildman–Crippen LogP) is 5.82. The maximum atomic E-state index is 13.6. The van der Waals surface area contributed by atoms with Gasteiger partial charge in [0.1, 0.15) is 12.4 Å². The van der Waals surface area contributed by atoms with Gasteiger partial charge in [-0.3, -0.25) is 9.78 Å². The van der Waals surface area contributed by atoms with Crippen molar-refractivity contribution in [3.05, 3.63) is 82.9 Å². The second kappa shape index (κ2) is 9.19. The van der Waals surface area contributed by atoms with Crippen LogP contribution in [0.25, 0.3) is 21.3 Å². The van der Waals surface area contributed by atoms with Crippen molar-refractivity contribution < 1.29 is 19.4 Å². The molecule has 1 saturated carbocycles. The Hall–Kier alpha value is -3.91. The van der Waals surface area contributed by atoms with Crippen molar-refractivity contribution in [2.24, 2.45) is 0 Å². The van der Waals surface area contributed by atoms with Gasteiger partial charge in [0.2, 0.25) is 0 Å². The van der Waals surface area contributed by atoms with Crippen LogP contribution in [-0.2, 0) is 5.54 Å². The monoisotopic (exact) mass is 513 g/mol. The molecule has 37 heavy (non-hydrogen) atoms. The first-order valence-electron chi connectivity index (χ1n) is 12.4. The minimum absolute atomic E-state index is 0.144. The van der Waals surface area contributed by atoms with Crippen molar-refractivity contribution >= 4 is 34.2 Å². The third-order valence-electron chi connectivity index (χ3n) is 7.43. The molecule has 1 aliphatic heterocycles. The van der Waals surface area contributed by atoms with Crippen LogP contribution in [0.1, 0.15) is 40.7 Å². The normalized spacial score (nSPS) is 17.8. The molecular weight excluding hydrogens is 486 g/mol. The summed E-state index contributed by atoms with van der Waals surface area (Å²) in [6, 6.07) is 17.8.